The minimum atomic E-state index is -0.118. The van der Waals surface area contributed by atoms with Crippen LogP contribution in [0.5, 0.6) is 0 Å². The third-order valence-electron chi connectivity index (χ3n) is 4.48. The van der Waals surface area contributed by atoms with Crippen LogP contribution in [0.1, 0.15) is 32.5 Å². The molecule has 0 radical (unpaired) electrons. The number of carbonyl (C=O) groups excluding carboxylic acids is 2. The third-order valence-corrected chi connectivity index (χ3v) is 4.48. The Morgan fingerprint density at radius 2 is 2.08 bits per heavy atom. The third kappa shape index (κ3) is 3.66. The number of amides is 2. The van der Waals surface area contributed by atoms with Crippen molar-refractivity contribution in [1.29, 1.82) is 0 Å². The first-order valence-electron chi connectivity index (χ1n) is 8.17. The number of likely N-dealkylation sites (N-methyl/N-ethyl adjacent to an activating group) is 1. The monoisotopic (exact) mass is 339 g/mol. The van der Waals surface area contributed by atoms with E-state index in [1.54, 1.807) is 24.2 Å². The summed E-state index contributed by atoms with van der Waals surface area (Å²) >= 11 is 0. The lowest BCUT2D eigenvalue weighted by molar-refractivity contribution is 0.0540. The number of hydrogen-bond acceptors (Lipinski definition) is 5. The summed E-state index contributed by atoms with van der Waals surface area (Å²) in [5.74, 6) is -0.235. The number of carbonyl (C=O) groups is 2. The maximum atomic E-state index is 12.6. The van der Waals surface area contributed by atoms with E-state index in [9.17, 15) is 9.59 Å². The molecule has 0 aliphatic carbocycles. The predicted octanol–water partition coefficient (Wildman–Crippen LogP) is 0.965. The lowest BCUT2D eigenvalue weighted by Crippen LogP contribution is -2.49. The molecule has 1 aliphatic heterocycles. The molecule has 1 aromatic heterocycles. The fourth-order valence-electron chi connectivity index (χ4n) is 3.02. The van der Waals surface area contributed by atoms with E-state index in [1.807, 2.05) is 25.2 Å². The van der Waals surface area contributed by atoms with Gasteiger partial charge in [-0.15, -0.1) is 0 Å². The molecule has 25 heavy (non-hydrogen) atoms. The van der Waals surface area contributed by atoms with Crippen molar-refractivity contribution >= 4 is 11.8 Å². The van der Waals surface area contributed by atoms with Gasteiger partial charge in [0.2, 0.25) is 0 Å². The van der Waals surface area contributed by atoms with Crippen LogP contribution in [-0.2, 0) is 0 Å². The van der Waals surface area contributed by atoms with Crippen molar-refractivity contribution in [3.63, 3.8) is 0 Å². The zero-order valence-corrected chi connectivity index (χ0v) is 14.3. The van der Waals surface area contributed by atoms with E-state index < -0.39 is 0 Å². The normalized spacial score (nSPS) is 18.0. The van der Waals surface area contributed by atoms with Crippen LogP contribution >= 0.6 is 0 Å². The van der Waals surface area contributed by atoms with Crippen LogP contribution in [0.4, 0.5) is 0 Å². The van der Waals surface area contributed by atoms with Gasteiger partial charge in [0.25, 0.3) is 11.8 Å². The Labute approximate surface area is 146 Å². The van der Waals surface area contributed by atoms with Crippen LogP contribution in [0.25, 0.3) is 0 Å². The van der Waals surface area contributed by atoms with E-state index in [2.05, 4.69) is 20.2 Å². The van der Waals surface area contributed by atoms with Gasteiger partial charge in [-0.3, -0.25) is 19.5 Å². The molecule has 0 bridgehead atoms. The van der Waals surface area contributed by atoms with Gasteiger partial charge in [-0.2, -0.15) is 0 Å². The zero-order chi connectivity index (χ0) is 17.8. The summed E-state index contributed by atoms with van der Waals surface area (Å²) < 4.78 is 0. The molecule has 1 fully saturated rings. The Balaban J connectivity index is 1.82. The van der Waals surface area contributed by atoms with E-state index in [-0.39, 0.29) is 17.9 Å². The highest BCUT2D eigenvalue weighted by Crippen LogP contribution is 2.25. The summed E-state index contributed by atoms with van der Waals surface area (Å²) in [4.78, 5) is 36.6. The van der Waals surface area contributed by atoms with Crippen LogP contribution in [0.15, 0.2) is 42.9 Å². The highest BCUT2D eigenvalue weighted by Gasteiger charge is 2.29. The molecule has 130 valence electrons. The van der Waals surface area contributed by atoms with E-state index in [4.69, 9.17) is 0 Å². The van der Waals surface area contributed by atoms with E-state index in [1.165, 1.54) is 12.4 Å². The molecule has 0 unspecified atom stereocenters. The summed E-state index contributed by atoms with van der Waals surface area (Å²) in [7, 11) is 3.64. The lowest BCUT2D eigenvalue weighted by atomic mass is 10.00. The van der Waals surface area contributed by atoms with Gasteiger partial charge in [0.15, 0.2) is 0 Å². The quantitative estimate of drug-likeness (QED) is 0.901. The Bertz CT molecular complexity index is 765. The fourth-order valence-corrected chi connectivity index (χ4v) is 3.02. The number of rotatable bonds is 3. The first-order chi connectivity index (χ1) is 12.1. The van der Waals surface area contributed by atoms with Crippen LogP contribution in [0.2, 0.25) is 0 Å². The summed E-state index contributed by atoms with van der Waals surface area (Å²) in [5.41, 5.74) is 1.98. The minimum Gasteiger partial charge on any atom is -0.355 e. The molecular formula is C18H21N5O2. The molecule has 0 spiro atoms. The first kappa shape index (κ1) is 17.0. The average molecular weight is 339 g/mol. The van der Waals surface area contributed by atoms with Crippen LogP contribution in [0.3, 0.4) is 0 Å². The fraction of sp³-hybridized carbons (Fsp3) is 0.333. The lowest BCUT2D eigenvalue weighted by Gasteiger charge is -2.39. The predicted molar refractivity (Wildman–Crippen MR) is 93.1 cm³/mol. The van der Waals surface area contributed by atoms with Gasteiger partial charge >= 0.3 is 0 Å². The van der Waals surface area contributed by atoms with Gasteiger partial charge in [-0.05, 0) is 24.7 Å². The van der Waals surface area contributed by atoms with Gasteiger partial charge in [-0.25, -0.2) is 4.98 Å². The van der Waals surface area contributed by atoms with E-state index in [0.29, 0.717) is 24.3 Å². The molecule has 2 amide bonds. The Morgan fingerprint density at radius 3 is 2.80 bits per heavy atom. The largest absolute Gasteiger partial charge is 0.355 e. The second-order valence-corrected chi connectivity index (χ2v) is 6.04. The van der Waals surface area contributed by atoms with Gasteiger partial charge in [-0.1, -0.05) is 12.1 Å². The standard InChI is InChI=1S/C18H21N5O2/c1-19-17(24)14-5-3-4-13(10-14)16-12-23(9-8-22(16)2)18(25)15-11-20-6-7-21-15/h3-7,10-11,16H,8-9,12H2,1-2H3,(H,19,24)/t16-/m1/s1. The molecule has 1 atom stereocenters. The molecule has 2 heterocycles. The van der Waals surface area contributed by atoms with Gasteiger partial charge in [0, 0.05) is 44.6 Å². The summed E-state index contributed by atoms with van der Waals surface area (Å²) in [6, 6.07) is 7.56. The van der Waals surface area contributed by atoms with Crippen molar-refractivity contribution in [2.24, 2.45) is 0 Å². The number of hydrogen-bond donors (Lipinski definition) is 1. The molecular weight excluding hydrogens is 318 g/mol. The maximum Gasteiger partial charge on any atom is 0.274 e. The van der Waals surface area contributed by atoms with Gasteiger partial charge in [0.05, 0.1) is 12.2 Å². The summed E-state index contributed by atoms with van der Waals surface area (Å²) in [6.45, 7) is 1.93. The first-order valence-corrected chi connectivity index (χ1v) is 8.17. The number of aromatic nitrogens is 2. The molecule has 1 aromatic carbocycles. The topological polar surface area (TPSA) is 78.4 Å². The van der Waals surface area contributed by atoms with Crippen molar-refractivity contribution in [3.8, 4) is 0 Å². The van der Waals surface area contributed by atoms with Crippen molar-refractivity contribution in [2.75, 3.05) is 33.7 Å². The van der Waals surface area contributed by atoms with E-state index >= 15 is 0 Å². The summed E-state index contributed by atoms with van der Waals surface area (Å²) in [6.07, 6.45) is 4.56. The highest BCUT2D eigenvalue weighted by atomic mass is 16.2. The Hall–Kier alpha value is -2.80. The highest BCUT2D eigenvalue weighted by molar-refractivity contribution is 5.94. The number of piperazine rings is 1. The van der Waals surface area contributed by atoms with Crippen molar-refractivity contribution in [2.45, 2.75) is 6.04 Å². The molecule has 1 saturated heterocycles. The van der Waals surface area contributed by atoms with Crippen molar-refractivity contribution < 1.29 is 9.59 Å². The molecule has 7 nitrogen and oxygen atoms in total. The SMILES string of the molecule is CNC(=O)c1cccc([C@H]2CN(C(=O)c3cnccn3)CCN2C)c1. The van der Waals surface area contributed by atoms with Crippen LogP contribution in [-0.4, -0.2) is 65.3 Å². The molecule has 3 rings (SSSR count). The van der Waals surface area contributed by atoms with Crippen LogP contribution < -0.4 is 5.32 Å². The molecule has 2 aromatic rings. The van der Waals surface area contributed by atoms with E-state index in [0.717, 1.165) is 12.1 Å². The Kier molecular flexibility index (Phi) is 5.04. The minimum absolute atomic E-state index is 0.0268. The van der Waals surface area contributed by atoms with Crippen molar-refractivity contribution in [1.82, 2.24) is 25.1 Å². The Morgan fingerprint density at radius 1 is 1.24 bits per heavy atom. The summed E-state index contributed by atoms with van der Waals surface area (Å²) in [5, 5.41) is 2.64. The second kappa shape index (κ2) is 7.40. The number of benzene rings is 1. The number of nitrogens with zero attached hydrogens (tertiary/aromatic N) is 4. The molecule has 1 N–H and O–H groups in total. The number of nitrogens with one attached hydrogen (secondary N) is 1. The molecule has 7 heteroatoms. The second-order valence-electron chi connectivity index (χ2n) is 6.04. The average Bonchev–Trinajstić information content (AvgIpc) is 2.68. The van der Waals surface area contributed by atoms with Crippen molar-refractivity contribution in [3.05, 3.63) is 59.7 Å². The maximum absolute atomic E-state index is 12.6. The van der Waals surface area contributed by atoms with Crippen LogP contribution in [0, 0.1) is 0 Å². The van der Waals surface area contributed by atoms with Gasteiger partial charge < -0.3 is 10.2 Å². The smallest absolute Gasteiger partial charge is 0.274 e. The molecule has 1 aliphatic rings. The zero-order valence-electron chi connectivity index (χ0n) is 14.3. The molecule has 0 saturated carbocycles. The van der Waals surface area contributed by atoms with Gasteiger partial charge in [0.1, 0.15) is 5.69 Å².